The zero-order valence-electron chi connectivity index (χ0n) is 8.33. The van der Waals surface area contributed by atoms with Crippen LogP contribution in [0, 0.1) is 0 Å². The van der Waals surface area contributed by atoms with Gasteiger partial charge in [0.15, 0.2) is 0 Å². The molecule has 0 aliphatic carbocycles. The van der Waals surface area contributed by atoms with Crippen LogP contribution in [-0.2, 0) is 6.54 Å². The van der Waals surface area contributed by atoms with Gasteiger partial charge in [0.05, 0.1) is 0 Å². The molecule has 0 saturated carbocycles. The molecule has 0 amide bonds. The van der Waals surface area contributed by atoms with Crippen LogP contribution in [0.4, 0.5) is 0 Å². The monoisotopic (exact) mass is 175 g/mol. The summed E-state index contributed by atoms with van der Waals surface area (Å²) < 4.78 is 0. The molecule has 1 rings (SSSR count). The Morgan fingerprint density at radius 1 is 1.31 bits per heavy atom. The molecule has 0 aromatic heterocycles. The maximum absolute atomic E-state index is 3.41. The molecule has 1 aromatic carbocycles. The van der Waals surface area contributed by atoms with Crippen LogP contribution in [0.3, 0.4) is 0 Å². The summed E-state index contributed by atoms with van der Waals surface area (Å²) in [5.74, 6) is 0. The molecule has 0 saturated heterocycles. The van der Waals surface area contributed by atoms with Crippen molar-refractivity contribution in [3.05, 3.63) is 48.0 Å². The van der Waals surface area contributed by atoms with E-state index in [4.69, 9.17) is 0 Å². The molecule has 0 radical (unpaired) electrons. The Bertz CT molecular complexity index is 251. The van der Waals surface area contributed by atoms with Crippen LogP contribution in [0.25, 0.3) is 0 Å². The summed E-state index contributed by atoms with van der Waals surface area (Å²) in [5, 5.41) is 3.41. The number of hydrogen-bond acceptors (Lipinski definition) is 1. The van der Waals surface area contributed by atoms with Gasteiger partial charge in [0.1, 0.15) is 0 Å². The Morgan fingerprint density at radius 3 is 2.62 bits per heavy atom. The van der Waals surface area contributed by atoms with Gasteiger partial charge in [0.2, 0.25) is 0 Å². The van der Waals surface area contributed by atoms with Gasteiger partial charge in [-0.1, -0.05) is 42.5 Å². The first kappa shape index (κ1) is 10.0. The molecule has 0 heterocycles. The van der Waals surface area contributed by atoms with Crippen LogP contribution in [0.2, 0.25) is 0 Å². The third-order valence-corrected chi connectivity index (χ3v) is 1.95. The number of allylic oxidation sites excluding steroid dienone is 1. The van der Waals surface area contributed by atoms with Crippen molar-refractivity contribution >= 4 is 0 Å². The lowest BCUT2D eigenvalue weighted by atomic mass is 10.2. The average Bonchev–Trinajstić information content (AvgIpc) is 2.17. The van der Waals surface area contributed by atoms with Crippen molar-refractivity contribution in [1.29, 1.82) is 0 Å². The van der Waals surface area contributed by atoms with Crippen LogP contribution < -0.4 is 5.32 Å². The van der Waals surface area contributed by atoms with Crippen molar-refractivity contribution in [2.75, 3.05) is 0 Å². The minimum Gasteiger partial charge on any atom is -0.307 e. The van der Waals surface area contributed by atoms with Gasteiger partial charge < -0.3 is 5.32 Å². The largest absolute Gasteiger partial charge is 0.307 e. The minimum absolute atomic E-state index is 0.449. The van der Waals surface area contributed by atoms with Gasteiger partial charge in [0, 0.05) is 12.6 Å². The first-order valence-electron chi connectivity index (χ1n) is 4.73. The molecule has 1 heteroatoms. The molecule has 1 atom stereocenters. The minimum atomic E-state index is 0.449. The molecular formula is C12H17N. The van der Waals surface area contributed by atoms with Crippen molar-refractivity contribution in [2.45, 2.75) is 26.4 Å². The van der Waals surface area contributed by atoms with E-state index in [-0.39, 0.29) is 0 Å². The SMILES string of the molecule is CC=CC(C)NCc1ccccc1. The fraction of sp³-hybridized carbons (Fsp3) is 0.333. The molecule has 0 aliphatic heterocycles. The summed E-state index contributed by atoms with van der Waals surface area (Å²) in [7, 11) is 0. The summed E-state index contributed by atoms with van der Waals surface area (Å²) in [4.78, 5) is 0. The highest BCUT2D eigenvalue weighted by Crippen LogP contribution is 1.98. The predicted octanol–water partition coefficient (Wildman–Crippen LogP) is 2.74. The average molecular weight is 175 g/mol. The molecule has 0 aliphatic rings. The van der Waals surface area contributed by atoms with Crippen LogP contribution in [-0.4, -0.2) is 6.04 Å². The van der Waals surface area contributed by atoms with E-state index in [1.807, 2.05) is 13.0 Å². The van der Waals surface area contributed by atoms with E-state index in [0.717, 1.165) is 6.54 Å². The zero-order chi connectivity index (χ0) is 9.52. The van der Waals surface area contributed by atoms with E-state index in [9.17, 15) is 0 Å². The van der Waals surface area contributed by atoms with Crippen LogP contribution >= 0.6 is 0 Å². The van der Waals surface area contributed by atoms with E-state index < -0.39 is 0 Å². The lowest BCUT2D eigenvalue weighted by Crippen LogP contribution is -2.22. The summed E-state index contributed by atoms with van der Waals surface area (Å²) in [6.45, 7) is 5.13. The Balaban J connectivity index is 2.35. The van der Waals surface area contributed by atoms with Crippen LogP contribution in [0.5, 0.6) is 0 Å². The first-order chi connectivity index (χ1) is 6.33. The molecule has 1 aromatic rings. The summed E-state index contributed by atoms with van der Waals surface area (Å²) in [6.07, 6.45) is 4.23. The number of rotatable bonds is 4. The van der Waals surface area contributed by atoms with E-state index in [1.54, 1.807) is 0 Å². The molecule has 0 spiro atoms. The van der Waals surface area contributed by atoms with Gasteiger partial charge in [-0.25, -0.2) is 0 Å². The van der Waals surface area contributed by atoms with E-state index in [2.05, 4.69) is 48.7 Å². The van der Waals surface area contributed by atoms with Gasteiger partial charge in [0.25, 0.3) is 0 Å². The quantitative estimate of drug-likeness (QED) is 0.694. The van der Waals surface area contributed by atoms with Crippen molar-refractivity contribution in [3.63, 3.8) is 0 Å². The Labute approximate surface area is 80.5 Å². The smallest absolute Gasteiger partial charge is 0.0224 e. The highest BCUT2D eigenvalue weighted by atomic mass is 14.9. The third kappa shape index (κ3) is 3.90. The van der Waals surface area contributed by atoms with Gasteiger partial charge in [-0.15, -0.1) is 0 Å². The molecular weight excluding hydrogens is 158 g/mol. The number of nitrogens with one attached hydrogen (secondary N) is 1. The molecule has 1 unspecified atom stereocenters. The number of hydrogen-bond donors (Lipinski definition) is 1. The Morgan fingerprint density at radius 2 is 2.00 bits per heavy atom. The second-order valence-corrected chi connectivity index (χ2v) is 3.18. The molecule has 13 heavy (non-hydrogen) atoms. The zero-order valence-corrected chi connectivity index (χ0v) is 8.33. The Kier molecular flexibility index (Phi) is 4.27. The van der Waals surface area contributed by atoms with Gasteiger partial charge in [-0.2, -0.15) is 0 Å². The van der Waals surface area contributed by atoms with Crippen molar-refractivity contribution in [1.82, 2.24) is 5.32 Å². The molecule has 70 valence electrons. The van der Waals surface area contributed by atoms with Crippen molar-refractivity contribution in [2.24, 2.45) is 0 Å². The second kappa shape index (κ2) is 5.55. The normalized spacial score (nSPS) is 13.4. The van der Waals surface area contributed by atoms with Crippen LogP contribution in [0.15, 0.2) is 42.5 Å². The van der Waals surface area contributed by atoms with Crippen molar-refractivity contribution in [3.8, 4) is 0 Å². The maximum Gasteiger partial charge on any atom is 0.0224 e. The predicted molar refractivity (Wildman–Crippen MR) is 57.6 cm³/mol. The van der Waals surface area contributed by atoms with Crippen molar-refractivity contribution < 1.29 is 0 Å². The van der Waals surface area contributed by atoms with Crippen LogP contribution in [0.1, 0.15) is 19.4 Å². The van der Waals surface area contributed by atoms with E-state index >= 15 is 0 Å². The highest BCUT2D eigenvalue weighted by Gasteiger charge is 1.94. The first-order valence-corrected chi connectivity index (χ1v) is 4.73. The summed E-state index contributed by atoms with van der Waals surface area (Å²) in [5.41, 5.74) is 1.33. The topological polar surface area (TPSA) is 12.0 Å². The fourth-order valence-electron chi connectivity index (χ4n) is 1.23. The standard InChI is InChI=1S/C12H17N/c1-3-7-11(2)13-10-12-8-5-4-6-9-12/h3-9,11,13H,10H2,1-2H3. The number of benzene rings is 1. The van der Waals surface area contributed by atoms with E-state index in [1.165, 1.54) is 5.56 Å². The van der Waals surface area contributed by atoms with E-state index in [0.29, 0.717) is 6.04 Å². The lowest BCUT2D eigenvalue weighted by molar-refractivity contribution is 0.633. The highest BCUT2D eigenvalue weighted by molar-refractivity contribution is 5.14. The molecule has 1 nitrogen and oxygen atoms in total. The van der Waals surface area contributed by atoms with Gasteiger partial charge >= 0.3 is 0 Å². The maximum atomic E-state index is 3.41. The molecule has 1 N–H and O–H groups in total. The summed E-state index contributed by atoms with van der Waals surface area (Å²) in [6, 6.07) is 10.9. The van der Waals surface area contributed by atoms with Gasteiger partial charge in [-0.3, -0.25) is 0 Å². The second-order valence-electron chi connectivity index (χ2n) is 3.18. The molecule has 0 bridgehead atoms. The lowest BCUT2D eigenvalue weighted by Gasteiger charge is -2.08. The van der Waals surface area contributed by atoms with Gasteiger partial charge in [-0.05, 0) is 19.4 Å². The Hall–Kier alpha value is -1.08. The third-order valence-electron chi connectivity index (χ3n) is 1.95. The fourth-order valence-corrected chi connectivity index (χ4v) is 1.23. The molecule has 0 fully saturated rings. The summed E-state index contributed by atoms with van der Waals surface area (Å²) >= 11 is 0.